The number of benzene rings is 1. The summed E-state index contributed by atoms with van der Waals surface area (Å²) in [6, 6.07) is 5.20. The van der Waals surface area contributed by atoms with Crippen LogP contribution in [0.15, 0.2) is 28.8 Å². The van der Waals surface area contributed by atoms with Crippen molar-refractivity contribution in [2.75, 3.05) is 13.1 Å². The molecule has 10 heteroatoms. The average molecular weight is 472 g/mol. The van der Waals surface area contributed by atoms with Crippen LogP contribution in [0.1, 0.15) is 64.3 Å². The third-order valence-corrected chi connectivity index (χ3v) is 6.60. The van der Waals surface area contributed by atoms with Crippen molar-refractivity contribution in [2.45, 2.75) is 64.2 Å². The highest BCUT2D eigenvalue weighted by Gasteiger charge is 2.42. The van der Waals surface area contributed by atoms with E-state index in [2.05, 4.69) is 10.5 Å². The topological polar surface area (TPSA) is 122 Å². The van der Waals surface area contributed by atoms with Gasteiger partial charge in [-0.3, -0.25) is 14.4 Å². The summed E-state index contributed by atoms with van der Waals surface area (Å²) in [5, 5.41) is 6.89. The van der Waals surface area contributed by atoms with Crippen LogP contribution in [0.4, 0.5) is 4.39 Å². The van der Waals surface area contributed by atoms with E-state index in [1.54, 1.807) is 13.8 Å². The number of nitrogens with zero attached hydrogens (tertiary/aromatic N) is 3. The monoisotopic (exact) mass is 471 g/mol. The molecule has 1 aromatic heterocycles. The highest BCUT2D eigenvalue weighted by atomic mass is 19.1. The third-order valence-electron chi connectivity index (χ3n) is 6.60. The fourth-order valence-corrected chi connectivity index (χ4v) is 4.76. The molecule has 1 aromatic carbocycles. The van der Waals surface area contributed by atoms with Crippen LogP contribution >= 0.6 is 0 Å². The second-order valence-electron chi connectivity index (χ2n) is 9.05. The molecule has 9 nitrogen and oxygen atoms in total. The van der Waals surface area contributed by atoms with Crippen molar-refractivity contribution < 1.29 is 23.3 Å². The Bertz CT molecular complexity index is 1040. The van der Waals surface area contributed by atoms with Crippen LogP contribution in [0.25, 0.3) is 0 Å². The van der Waals surface area contributed by atoms with E-state index in [0.717, 1.165) is 25.7 Å². The quantitative estimate of drug-likeness (QED) is 0.705. The number of nitrogens with one attached hydrogen (secondary N) is 1. The first kappa shape index (κ1) is 23.9. The summed E-state index contributed by atoms with van der Waals surface area (Å²) < 4.78 is 18.6. The van der Waals surface area contributed by atoms with Crippen molar-refractivity contribution in [2.24, 2.45) is 5.73 Å². The molecule has 182 valence electrons. The van der Waals surface area contributed by atoms with E-state index in [4.69, 9.17) is 10.3 Å². The van der Waals surface area contributed by atoms with E-state index < -0.39 is 29.7 Å². The number of hydrogen-bond acceptors (Lipinski definition) is 6. The molecule has 1 unspecified atom stereocenters. The highest BCUT2D eigenvalue weighted by molar-refractivity contribution is 6.02. The maximum absolute atomic E-state index is 13.6. The number of halogens is 1. The van der Waals surface area contributed by atoms with Crippen LogP contribution in [-0.4, -0.2) is 64.0 Å². The second-order valence-corrected chi connectivity index (χ2v) is 9.05. The smallest absolute Gasteiger partial charge is 0.264 e. The SMILES string of the molecule is Cc1noc(C)c1C(=O)N1CCCN(C(=O)c2ccc(F)cc2)C1C(=O)NC1CCC(N)CC1. The fourth-order valence-electron chi connectivity index (χ4n) is 4.76. The molecule has 4 rings (SSSR count). The Morgan fingerprint density at radius 1 is 1.03 bits per heavy atom. The number of carbonyl (C=O) groups is 3. The zero-order valence-corrected chi connectivity index (χ0v) is 19.4. The van der Waals surface area contributed by atoms with E-state index in [-0.39, 0.29) is 29.8 Å². The van der Waals surface area contributed by atoms with Gasteiger partial charge in [0.05, 0.1) is 5.69 Å². The molecule has 1 atom stereocenters. The van der Waals surface area contributed by atoms with Gasteiger partial charge >= 0.3 is 0 Å². The summed E-state index contributed by atoms with van der Waals surface area (Å²) in [5.74, 6) is -1.39. The van der Waals surface area contributed by atoms with Crippen LogP contribution in [0, 0.1) is 19.7 Å². The standard InChI is InChI=1S/C24H30FN5O4/c1-14-20(15(2)34-28-14)24(33)30-13-3-12-29(23(32)16-4-6-17(25)7-5-16)22(30)21(31)27-19-10-8-18(26)9-11-19/h4-7,18-19,22H,3,8-13,26H2,1-2H3,(H,27,31). The molecule has 1 aliphatic carbocycles. The van der Waals surface area contributed by atoms with Crippen LogP contribution in [0.3, 0.4) is 0 Å². The molecule has 3 amide bonds. The summed E-state index contributed by atoms with van der Waals surface area (Å²) in [4.78, 5) is 43.3. The van der Waals surface area contributed by atoms with E-state index >= 15 is 0 Å². The summed E-state index contributed by atoms with van der Waals surface area (Å²) >= 11 is 0. The number of aryl methyl sites for hydroxylation is 2. The van der Waals surface area contributed by atoms with Gasteiger partial charge in [-0.1, -0.05) is 5.16 Å². The molecule has 2 aromatic rings. The molecule has 1 saturated heterocycles. The van der Waals surface area contributed by atoms with Crippen LogP contribution in [-0.2, 0) is 4.79 Å². The first-order valence-corrected chi connectivity index (χ1v) is 11.6. The molecule has 1 aliphatic heterocycles. The minimum atomic E-state index is -1.15. The Kier molecular flexibility index (Phi) is 6.97. The third kappa shape index (κ3) is 4.82. The number of hydrogen-bond donors (Lipinski definition) is 2. The number of carbonyl (C=O) groups excluding carboxylic acids is 3. The number of nitrogens with two attached hydrogens (primary N) is 1. The first-order chi connectivity index (χ1) is 16.3. The lowest BCUT2D eigenvalue weighted by Gasteiger charge is -2.43. The average Bonchev–Trinajstić information content (AvgIpc) is 3.17. The van der Waals surface area contributed by atoms with E-state index in [1.807, 2.05) is 0 Å². The van der Waals surface area contributed by atoms with Gasteiger partial charge in [0, 0.05) is 30.7 Å². The minimum absolute atomic E-state index is 0.0759. The predicted octanol–water partition coefficient (Wildman–Crippen LogP) is 2.13. The zero-order chi connectivity index (χ0) is 24.4. The molecule has 1 saturated carbocycles. The molecule has 2 heterocycles. The van der Waals surface area contributed by atoms with Gasteiger partial charge in [0.2, 0.25) is 0 Å². The van der Waals surface area contributed by atoms with Gasteiger partial charge in [0.1, 0.15) is 17.1 Å². The van der Waals surface area contributed by atoms with Gasteiger partial charge in [0.25, 0.3) is 17.7 Å². The predicted molar refractivity (Wildman–Crippen MR) is 121 cm³/mol. The van der Waals surface area contributed by atoms with Gasteiger partial charge in [-0.05, 0) is 70.2 Å². The Morgan fingerprint density at radius 3 is 2.24 bits per heavy atom. The molecule has 2 aliphatic rings. The molecule has 0 radical (unpaired) electrons. The maximum Gasteiger partial charge on any atom is 0.264 e. The lowest BCUT2D eigenvalue weighted by molar-refractivity contribution is -0.133. The summed E-state index contributed by atoms with van der Waals surface area (Å²) in [6.45, 7) is 3.88. The molecule has 3 N–H and O–H groups in total. The Morgan fingerprint density at radius 2 is 1.65 bits per heavy atom. The fraction of sp³-hybridized carbons (Fsp3) is 0.500. The lowest BCUT2D eigenvalue weighted by Crippen LogP contribution is -2.64. The minimum Gasteiger partial charge on any atom is -0.361 e. The lowest BCUT2D eigenvalue weighted by atomic mass is 9.91. The normalized spacial score (nSPS) is 23.0. The van der Waals surface area contributed by atoms with Crippen LogP contribution in [0.2, 0.25) is 0 Å². The zero-order valence-electron chi connectivity index (χ0n) is 19.4. The van der Waals surface area contributed by atoms with Crippen molar-refractivity contribution in [3.63, 3.8) is 0 Å². The van der Waals surface area contributed by atoms with E-state index in [0.29, 0.717) is 24.4 Å². The van der Waals surface area contributed by atoms with Crippen molar-refractivity contribution in [1.29, 1.82) is 0 Å². The second kappa shape index (κ2) is 9.92. The molecule has 0 spiro atoms. The van der Waals surface area contributed by atoms with Gasteiger partial charge in [0.15, 0.2) is 6.17 Å². The van der Waals surface area contributed by atoms with E-state index in [1.165, 1.54) is 34.1 Å². The van der Waals surface area contributed by atoms with Crippen LogP contribution in [0.5, 0.6) is 0 Å². The molecule has 34 heavy (non-hydrogen) atoms. The Balaban J connectivity index is 1.65. The number of aromatic nitrogens is 1. The number of amides is 3. The largest absolute Gasteiger partial charge is 0.361 e. The molecular weight excluding hydrogens is 441 g/mol. The molecule has 2 fully saturated rings. The first-order valence-electron chi connectivity index (χ1n) is 11.6. The summed E-state index contributed by atoms with van der Waals surface area (Å²) in [6.07, 6.45) is 2.42. The van der Waals surface area contributed by atoms with Gasteiger partial charge < -0.3 is 25.4 Å². The van der Waals surface area contributed by atoms with Gasteiger partial charge in [-0.25, -0.2) is 4.39 Å². The highest BCUT2D eigenvalue weighted by Crippen LogP contribution is 2.25. The summed E-state index contributed by atoms with van der Waals surface area (Å²) in [5.41, 5.74) is 6.95. The summed E-state index contributed by atoms with van der Waals surface area (Å²) in [7, 11) is 0. The molecule has 0 bridgehead atoms. The van der Waals surface area contributed by atoms with Gasteiger partial charge in [-0.2, -0.15) is 0 Å². The number of rotatable bonds is 4. The molecular formula is C24H30FN5O4. The van der Waals surface area contributed by atoms with Crippen molar-refractivity contribution >= 4 is 17.7 Å². The Hall–Kier alpha value is -3.27. The maximum atomic E-state index is 13.6. The van der Waals surface area contributed by atoms with Gasteiger partial charge in [-0.15, -0.1) is 0 Å². The van der Waals surface area contributed by atoms with Crippen LogP contribution < -0.4 is 11.1 Å². The van der Waals surface area contributed by atoms with Crippen molar-refractivity contribution in [3.05, 3.63) is 52.7 Å². The Labute approximate surface area is 197 Å². The van der Waals surface area contributed by atoms with E-state index in [9.17, 15) is 18.8 Å². The van der Waals surface area contributed by atoms with Crippen molar-refractivity contribution in [3.8, 4) is 0 Å². The van der Waals surface area contributed by atoms with Crippen molar-refractivity contribution in [1.82, 2.24) is 20.3 Å².